The van der Waals surface area contributed by atoms with Gasteiger partial charge in [0.2, 0.25) is 0 Å². The summed E-state index contributed by atoms with van der Waals surface area (Å²) in [7, 11) is -0.0694. The molecular weight excluding hydrogens is 1310 g/mol. The van der Waals surface area contributed by atoms with Crippen LogP contribution in [-0.4, -0.2) is 40.8 Å². The van der Waals surface area contributed by atoms with Crippen LogP contribution in [-0.2, 0) is 67.5 Å². The number of rotatable bonds is 15. The second kappa shape index (κ2) is 33.7. The number of fused-ring (bicyclic) bond motifs is 4. The molecule has 518 valence electrons. The molecule has 0 heterocycles. The molecule has 0 aromatic heterocycles. The number of nitrogens with two attached hydrogens (primary N) is 3. The Morgan fingerprint density at radius 2 is 0.644 bits per heavy atom. The number of nitrogen functional groups attached to an aromatic ring is 3. The zero-order chi connectivity index (χ0) is 71.8. The molecule has 16 heteroatoms. The number of ketones is 4. The van der Waals surface area contributed by atoms with Gasteiger partial charge < -0.3 is 38.3 Å². The van der Waals surface area contributed by atoms with Crippen molar-refractivity contribution in [3.8, 4) is 5.75 Å². The van der Waals surface area contributed by atoms with Gasteiger partial charge in [-0.2, -0.15) is 0 Å². The topological polar surface area (TPSA) is 249 Å². The van der Waals surface area contributed by atoms with Crippen molar-refractivity contribution in [2.24, 2.45) is 0 Å². The molecule has 0 saturated carbocycles. The Morgan fingerprint density at radius 1 is 0.386 bits per heavy atom. The quantitative estimate of drug-likeness (QED) is 0.0156. The summed E-state index contributed by atoms with van der Waals surface area (Å²) in [5.41, 5.74) is 49.6. The van der Waals surface area contributed by atoms with Crippen LogP contribution in [0.1, 0.15) is 200 Å². The fourth-order valence-corrected chi connectivity index (χ4v) is 13.9. The minimum absolute atomic E-state index is 0. The van der Waals surface area contributed by atoms with Crippen molar-refractivity contribution >= 4 is 81.7 Å². The van der Waals surface area contributed by atoms with E-state index < -0.39 is 0 Å². The first-order chi connectivity index (χ1) is 47.2. The summed E-state index contributed by atoms with van der Waals surface area (Å²) in [6.45, 7) is 29.1. The number of phenolic OH excluding ortho intramolecular Hbond substituents is 1. The van der Waals surface area contributed by atoms with E-state index in [9.17, 15) is 24.3 Å². The van der Waals surface area contributed by atoms with Gasteiger partial charge in [-0.1, -0.05) is 168 Å². The Morgan fingerprint density at radius 3 is 0.950 bits per heavy atom. The number of aryl methyl sites for hydroxylation is 14. The van der Waals surface area contributed by atoms with Crippen molar-refractivity contribution < 1.29 is 60.0 Å². The molecule has 10 aromatic carbocycles. The monoisotopic (exact) mass is 1400 g/mol. The molecule has 2 aliphatic carbocycles. The second-order valence-corrected chi connectivity index (χ2v) is 26.0. The van der Waals surface area contributed by atoms with Gasteiger partial charge in [-0.25, -0.2) is 0 Å². The number of anilines is 9. The van der Waals surface area contributed by atoms with E-state index in [-0.39, 0.29) is 75.7 Å². The Balaban J connectivity index is 0.000000252. The van der Waals surface area contributed by atoms with E-state index >= 15 is 0 Å². The molecule has 0 atom stereocenters. The van der Waals surface area contributed by atoms with Crippen LogP contribution >= 0.6 is 0 Å². The minimum Gasteiger partial charge on any atom is 0 e. The van der Waals surface area contributed by atoms with E-state index in [0.717, 1.165) is 117 Å². The zero-order valence-corrected chi connectivity index (χ0v) is 62.9. The SMILES string of the molecule is C.CCc1cc(Cc2cc(C)c(N)c(CC)c2)cc(C)c1N.CCc1cc(Cc2cc(C)c(Nc3ccc(Nc4c(C)cc(C)cc4C)c4c3C(=O)c3ccccc3C4=O)c(CC)c2)cc(C)c1N.Cc1cc(C)c(Nc2ccc(O)c3c2C(=O)c2ccccc2C3=O)c(C)c1.O=BOO.[HH].[Zn]. The van der Waals surface area contributed by atoms with Gasteiger partial charge in [0, 0.05) is 77.3 Å². The third kappa shape index (κ3) is 16.8. The van der Waals surface area contributed by atoms with Crippen molar-refractivity contribution in [3.05, 3.63) is 290 Å². The molecule has 0 unspecified atom stereocenters. The number of aromatic hydroxyl groups is 1. The Bertz CT molecular complexity index is 4770. The summed E-state index contributed by atoms with van der Waals surface area (Å²) in [5.74, 6) is -1.09. The number of carbonyl (C=O) groups is 4. The van der Waals surface area contributed by atoms with E-state index in [2.05, 4.69) is 170 Å². The Hall–Kier alpha value is -10.3. The predicted octanol–water partition coefficient (Wildman–Crippen LogP) is 19.1. The fourth-order valence-electron chi connectivity index (χ4n) is 13.9. The second-order valence-electron chi connectivity index (χ2n) is 26.0. The van der Waals surface area contributed by atoms with Crippen LogP contribution < -0.4 is 33.2 Å². The third-order valence-electron chi connectivity index (χ3n) is 18.7. The number of nitrogens with one attached hydrogen (secondary N) is 3. The van der Waals surface area contributed by atoms with E-state index in [1.165, 1.54) is 61.7 Å². The average molecular weight is 1400 g/mol. The molecule has 101 heavy (non-hydrogen) atoms. The smallest absolute Gasteiger partial charge is 0 e. The maximum absolute atomic E-state index is 14.2. The molecule has 0 bridgehead atoms. The summed E-state index contributed by atoms with van der Waals surface area (Å²) in [6.07, 6.45) is 5.39. The summed E-state index contributed by atoms with van der Waals surface area (Å²) in [6, 6.07) is 46.9. The van der Waals surface area contributed by atoms with Crippen LogP contribution in [0.3, 0.4) is 0 Å². The van der Waals surface area contributed by atoms with E-state index in [1.807, 2.05) is 45.0 Å². The number of benzene rings is 10. The van der Waals surface area contributed by atoms with Gasteiger partial charge in [0.1, 0.15) is 5.75 Å². The van der Waals surface area contributed by atoms with Crippen molar-refractivity contribution in [1.29, 1.82) is 0 Å². The molecule has 0 saturated heterocycles. The average Bonchev–Trinajstić information content (AvgIpc) is 0.745. The Labute approximate surface area is 610 Å². The van der Waals surface area contributed by atoms with E-state index in [4.69, 9.17) is 27.2 Å². The summed E-state index contributed by atoms with van der Waals surface area (Å²) < 4.78 is 8.70. The summed E-state index contributed by atoms with van der Waals surface area (Å²) >= 11 is 0. The summed E-state index contributed by atoms with van der Waals surface area (Å²) in [5, 5.41) is 27.8. The number of hydrogen-bond acceptors (Lipinski definition) is 14. The molecular formula is C85H95BN6O8Zn. The minimum atomic E-state index is -0.335. The van der Waals surface area contributed by atoms with E-state index in [0.29, 0.717) is 50.4 Å². The van der Waals surface area contributed by atoms with Gasteiger partial charge in [-0.15, -0.1) is 0 Å². The largest absolute Gasteiger partial charge is 0 e. The molecule has 0 aliphatic heterocycles. The Kier molecular flexibility index (Phi) is 26.1. The first-order valence-corrected chi connectivity index (χ1v) is 33.6. The molecule has 0 spiro atoms. The predicted molar refractivity (Wildman–Crippen MR) is 412 cm³/mol. The van der Waals surface area contributed by atoms with Crippen LogP contribution in [0.15, 0.2) is 146 Å². The van der Waals surface area contributed by atoms with Gasteiger partial charge in [0.05, 0.1) is 39.3 Å². The fraction of sp³-hybridized carbons (Fsp3) is 0.247. The molecule has 0 amide bonds. The molecule has 2 aliphatic rings. The number of carbonyl (C=O) groups excluding carboxylic acids is 4. The standard InChI is InChI=1S/C42H43N3O2.C23H19NO3.C19H26N2.CH4.BHO3.Zn.H2/c1-8-30-21-28(18-24(4)38(30)43)20-29-19-27(7)40(31(9-2)22-29)45-35-15-14-34(44-39-25(5)16-23(3)17-26(39)6)36-37(35)42(47)33-13-11-10-12-32(33)41(36)46;1-12-10-13(2)21(14(3)11-12)24-17-8-9-18(25)20-19(17)22(26)15-6-4-5-7-16(15)23(20)27;1-5-16-10-14(7-12(3)18(16)20)9-15-8-13(4)19(21)17(6-2)11-15;;2-1-4-3;;/h10-19,21-22,44-45H,8-9,20,43H2,1-7H3;4-11,24-25H,1-3H3;7-8,10-11H,5-6,9,20-21H2,1-4H3;1H4;3H;;1H. The van der Waals surface area contributed by atoms with E-state index in [1.54, 1.807) is 42.5 Å². The van der Waals surface area contributed by atoms with Gasteiger partial charge in [0.25, 0.3) is 0 Å². The molecule has 0 fully saturated rings. The zero-order valence-electron chi connectivity index (χ0n) is 60.0. The number of phenols is 1. The molecule has 12 rings (SSSR count). The van der Waals surface area contributed by atoms with Crippen molar-refractivity contribution in [2.45, 2.75) is 143 Å². The van der Waals surface area contributed by atoms with Gasteiger partial charge in [-0.3, -0.25) is 19.2 Å². The van der Waals surface area contributed by atoms with Crippen molar-refractivity contribution in [3.63, 3.8) is 0 Å². The molecule has 11 N–H and O–H groups in total. The molecule has 10 aromatic rings. The van der Waals surface area contributed by atoms with Gasteiger partial charge >= 0.3 is 22.1 Å². The molecule has 14 nitrogen and oxygen atoms in total. The van der Waals surface area contributed by atoms with Crippen molar-refractivity contribution in [2.75, 3.05) is 33.2 Å². The van der Waals surface area contributed by atoms with Gasteiger partial charge in [0.15, 0.2) is 23.1 Å². The van der Waals surface area contributed by atoms with Crippen LogP contribution in [0.2, 0.25) is 0 Å². The van der Waals surface area contributed by atoms with Gasteiger partial charge in [-0.05, 0) is 221 Å². The number of hydrogen-bond donors (Lipinski definition) is 8. The maximum atomic E-state index is 14.2. The molecule has 0 radical (unpaired) electrons. The van der Waals surface area contributed by atoms with Crippen LogP contribution in [0.25, 0.3) is 0 Å². The maximum Gasteiger partial charge on any atom is 0 e. The summed E-state index contributed by atoms with van der Waals surface area (Å²) in [4.78, 5) is 57.3. The normalized spacial score (nSPS) is 11.4. The third-order valence-corrected chi connectivity index (χ3v) is 18.7. The first kappa shape index (κ1) is 78.1. The van der Waals surface area contributed by atoms with Crippen LogP contribution in [0, 0.1) is 69.2 Å². The van der Waals surface area contributed by atoms with Crippen molar-refractivity contribution in [1.82, 2.24) is 0 Å². The van der Waals surface area contributed by atoms with Crippen LogP contribution in [0.5, 0.6) is 5.75 Å². The first-order valence-electron chi connectivity index (χ1n) is 33.6. The van der Waals surface area contributed by atoms with Crippen LogP contribution in [0.4, 0.5) is 51.2 Å².